The Morgan fingerprint density at radius 3 is 2.48 bits per heavy atom. The molecule has 2 aromatic rings. The number of nitrogens with zero attached hydrogens (tertiary/aromatic N) is 1. The Bertz CT molecular complexity index is 825. The Morgan fingerprint density at radius 1 is 1.03 bits per heavy atom. The second-order valence-corrected chi connectivity index (χ2v) is 7.71. The molecule has 5 heteroatoms. The number of piperidine rings is 1. The zero-order valence-electron chi connectivity index (χ0n) is 17.1. The fourth-order valence-corrected chi connectivity index (χ4v) is 4.07. The minimum Gasteiger partial charge on any atom is -0.494 e. The fourth-order valence-electron chi connectivity index (χ4n) is 4.07. The second-order valence-electron chi connectivity index (χ2n) is 7.71. The van der Waals surface area contributed by atoms with Crippen molar-refractivity contribution in [2.24, 2.45) is 5.92 Å². The van der Waals surface area contributed by atoms with Gasteiger partial charge in [-0.05, 0) is 74.4 Å². The first-order chi connectivity index (χ1) is 14.2. The van der Waals surface area contributed by atoms with Gasteiger partial charge in [-0.3, -0.25) is 4.79 Å². The van der Waals surface area contributed by atoms with Crippen LogP contribution in [0, 0.1) is 5.92 Å². The van der Waals surface area contributed by atoms with E-state index in [0.29, 0.717) is 37.1 Å². The number of rotatable bonds is 6. The van der Waals surface area contributed by atoms with E-state index in [2.05, 4.69) is 12.1 Å². The summed E-state index contributed by atoms with van der Waals surface area (Å²) in [5.74, 6) is 3.09. The molecule has 2 aromatic carbocycles. The van der Waals surface area contributed by atoms with Crippen molar-refractivity contribution in [1.29, 1.82) is 0 Å². The smallest absolute Gasteiger partial charge is 0.253 e. The van der Waals surface area contributed by atoms with Crippen LogP contribution >= 0.6 is 0 Å². The van der Waals surface area contributed by atoms with Crippen LogP contribution < -0.4 is 14.2 Å². The first kappa shape index (κ1) is 19.6. The lowest BCUT2D eigenvalue weighted by Gasteiger charge is -2.32. The molecule has 2 aliphatic rings. The molecule has 0 spiro atoms. The zero-order valence-corrected chi connectivity index (χ0v) is 17.1. The monoisotopic (exact) mass is 395 g/mol. The normalized spacial score (nSPS) is 16.5. The van der Waals surface area contributed by atoms with Gasteiger partial charge in [0, 0.05) is 18.7 Å². The SMILES string of the molecule is CCOc1ccc(CCC2CCN(C(=O)c3ccc4c(c3)OCCO4)CC2)cc1. The van der Waals surface area contributed by atoms with Gasteiger partial charge in [-0.2, -0.15) is 0 Å². The summed E-state index contributed by atoms with van der Waals surface area (Å²) in [6, 6.07) is 13.9. The summed E-state index contributed by atoms with van der Waals surface area (Å²) < 4.78 is 16.7. The summed E-state index contributed by atoms with van der Waals surface area (Å²) in [7, 11) is 0. The average molecular weight is 395 g/mol. The molecule has 0 atom stereocenters. The number of aryl methyl sites for hydroxylation is 1. The third-order valence-corrected chi connectivity index (χ3v) is 5.77. The standard InChI is InChI=1S/C24H29NO4/c1-2-27-21-8-5-18(6-9-21)3-4-19-11-13-25(14-12-19)24(26)20-7-10-22-23(17-20)29-16-15-28-22/h5-10,17,19H,2-4,11-16H2,1H3. The van der Waals surface area contributed by atoms with Crippen molar-refractivity contribution in [2.45, 2.75) is 32.6 Å². The van der Waals surface area contributed by atoms with E-state index in [1.165, 1.54) is 12.0 Å². The molecule has 5 nitrogen and oxygen atoms in total. The van der Waals surface area contributed by atoms with Gasteiger partial charge >= 0.3 is 0 Å². The number of hydrogen-bond acceptors (Lipinski definition) is 4. The lowest BCUT2D eigenvalue weighted by molar-refractivity contribution is 0.0686. The quantitative estimate of drug-likeness (QED) is 0.730. The summed E-state index contributed by atoms with van der Waals surface area (Å²) >= 11 is 0. The highest BCUT2D eigenvalue weighted by atomic mass is 16.6. The molecular weight excluding hydrogens is 366 g/mol. The van der Waals surface area contributed by atoms with Gasteiger partial charge in [0.25, 0.3) is 5.91 Å². The van der Waals surface area contributed by atoms with Gasteiger partial charge in [0.15, 0.2) is 11.5 Å². The molecule has 4 rings (SSSR count). The van der Waals surface area contributed by atoms with E-state index in [1.807, 2.05) is 42.2 Å². The molecule has 1 fully saturated rings. The summed E-state index contributed by atoms with van der Waals surface area (Å²) in [4.78, 5) is 14.8. The molecule has 0 aliphatic carbocycles. The van der Waals surface area contributed by atoms with E-state index < -0.39 is 0 Å². The second kappa shape index (κ2) is 9.21. The highest BCUT2D eigenvalue weighted by Crippen LogP contribution is 2.32. The first-order valence-corrected chi connectivity index (χ1v) is 10.6. The molecule has 0 radical (unpaired) electrons. The number of ether oxygens (including phenoxy) is 3. The van der Waals surface area contributed by atoms with Gasteiger partial charge in [-0.15, -0.1) is 0 Å². The highest BCUT2D eigenvalue weighted by molar-refractivity contribution is 5.95. The summed E-state index contributed by atoms with van der Waals surface area (Å²) in [6.07, 6.45) is 4.37. The lowest BCUT2D eigenvalue weighted by atomic mass is 9.90. The van der Waals surface area contributed by atoms with E-state index >= 15 is 0 Å². The summed E-state index contributed by atoms with van der Waals surface area (Å²) in [5, 5.41) is 0. The van der Waals surface area contributed by atoms with Crippen molar-refractivity contribution in [1.82, 2.24) is 4.90 Å². The van der Waals surface area contributed by atoms with Crippen LogP contribution in [0.4, 0.5) is 0 Å². The number of likely N-dealkylation sites (tertiary alicyclic amines) is 1. The molecule has 0 N–H and O–H groups in total. The Labute approximate surface area is 172 Å². The minimum atomic E-state index is 0.0898. The van der Waals surface area contributed by atoms with Gasteiger partial charge in [-0.25, -0.2) is 0 Å². The Hall–Kier alpha value is -2.69. The predicted molar refractivity (Wildman–Crippen MR) is 112 cm³/mol. The van der Waals surface area contributed by atoms with Crippen molar-refractivity contribution < 1.29 is 19.0 Å². The fraction of sp³-hybridized carbons (Fsp3) is 0.458. The van der Waals surface area contributed by atoms with Gasteiger partial charge < -0.3 is 19.1 Å². The largest absolute Gasteiger partial charge is 0.494 e. The number of amides is 1. The topological polar surface area (TPSA) is 48.0 Å². The third kappa shape index (κ3) is 4.84. The maximum Gasteiger partial charge on any atom is 0.253 e. The third-order valence-electron chi connectivity index (χ3n) is 5.77. The number of benzene rings is 2. The van der Waals surface area contributed by atoms with Crippen molar-refractivity contribution >= 4 is 5.91 Å². The van der Waals surface area contributed by atoms with Gasteiger partial charge in [0.2, 0.25) is 0 Å². The Morgan fingerprint density at radius 2 is 1.76 bits per heavy atom. The van der Waals surface area contributed by atoms with E-state index in [4.69, 9.17) is 14.2 Å². The molecule has 2 heterocycles. The highest BCUT2D eigenvalue weighted by Gasteiger charge is 2.24. The van der Waals surface area contributed by atoms with Gasteiger partial charge in [0.1, 0.15) is 19.0 Å². The molecule has 0 saturated carbocycles. The predicted octanol–water partition coefficient (Wildman–Crippen LogP) is 4.34. The molecule has 2 aliphatic heterocycles. The maximum atomic E-state index is 12.9. The van der Waals surface area contributed by atoms with E-state index in [9.17, 15) is 4.79 Å². The molecule has 1 amide bonds. The van der Waals surface area contributed by atoms with Crippen molar-refractivity contribution in [3.8, 4) is 17.2 Å². The van der Waals surface area contributed by atoms with Crippen LogP contribution in [-0.2, 0) is 6.42 Å². The molecule has 154 valence electrons. The molecular formula is C24H29NO4. The summed E-state index contributed by atoms with van der Waals surface area (Å²) in [6.45, 7) is 5.43. The summed E-state index contributed by atoms with van der Waals surface area (Å²) in [5.41, 5.74) is 2.03. The van der Waals surface area contributed by atoms with Crippen LogP contribution in [0.25, 0.3) is 0 Å². The molecule has 0 bridgehead atoms. The number of carbonyl (C=O) groups is 1. The Balaban J connectivity index is 1.26. The van der Waals surface area contributed by atoms with Crippen molar-refractivity contribution in [2.75, 3.05) is 32.9 Å². The number of hydrogen-bond donors (Lipinski definition) is 0. The van der Waals surface area contributed by atoms with Gasteiger partial charge in [-0.1, -0.05) is 12.1 Å². The number of fused-ring (bicyclic) bond motifs is 1. The van der Waals surface area contributed by atoms with E-state index in [1.54, 1.807) is 0 Å². The Kier molecular flexibility index (Phi) is 6.23. The first-order valence-electron chi connectivity index (χ1n) is 10.6. The molecule has 1 saturated heterocycles. The van der Waals surface area contributed by atoms with E-state index in [0.717, 1.165) is 43.9 Å². The van der Waals surface area contributed by atoms with Crippen molar-refractivity contribution in [3.63, 3.8) is 0 Å². The van der Waals surface area contributed by atoms with Crippen LogP contribution in [-0.4, -0.2) is 43.7 Å². The van der Waals surface area contributed by atoms with Crippen LogP contribution in [0.1, 0.15) is 42.1 Å². The molecule has 0 unspecified atom stereocenters. The van der Waals surface area contributed by atoms with E-state index in [-0.39, 0.29) is 5.91 Å². The average Bonchev–Trinajstić information content (AvgIpc) is 2.78. The molecule has 0 aromatic heterocycles. The van der Waals surface area contributed by atoms with Crippen LogP contribution in [0.3, 0.4) is 0 Å². The van der Waals surface area contributed by atoms with Crippen LogP contribution in [0.5, 0.6) is 17.2 Å². The maximum absolute atomic E-state index is 12.9. The number of carbonyl (C=O) groups excluding carboxylic acids is 1. The van der Waals surface area contributed by atoms with Crippen LogP contribution in [0.15, 0.2) is 42.5 Å². The lowest BCUT2D eigenvalue weighted by Crippen LogP contribution is -2.38. The zero-order chi connectivity index (χ0) is 20.1. The molecule has 29 heavy (non-hydrogen) atoms. The van der Waals surface area contributed by atoms with Gasteiger partial charge in [0.05, 0.1) is 6.61 Å². The van der Waals surface area contributed by atoms with Crippen molar-refractivity contribution in [3.05, 3.63) is 53.6 Å². The minimum absolute atomic E-state index is 0.0898. The van der Waals surface area contributed by atoms with Crippen LogP contribution in [0.2, 0.25) is 0 Å².